The van der Waals surface area contributed by atoms with Crippen molar-refractivity contribution in [2.24, 2.45) is 4.99 Å². The van der Waals surface area contributed by atoms with Crippen LogP contribution in [0.1, 0.15) is 31.4 Å². The Kier molecular flexibility index (Phi) is 6.85. The van der Waals surface area contributed by atoms with Gasteiger partial charge in [-0.1, -0.05) is 18.2 Å². The van der Waals surface area contributed by atoms with Crippen LogP contribution in [0.4, 0.5) is 5.69 Å². The minimum absolute atomic E-state index is 0.265. The number of anilines is 1. The number of hydrogen-bond donors (Lipinski definition) is 1. The molecule has 0 heterocycles. The van der Waals surface area contributed by atoms with E-state index in [9.17, 15) is 5.11 Å². The fraction of sp³-hybridized carbons (Fsp3) is 0.350. The zero-order valence-corrected chi connectivity index (χ0v) is 16.2. The van der Waals surface area contributed by atoms with Crippen LogP contribution in [0.15, 0.2) is 51.9 Å². The summed E-state index contributed by atoms with van der Waals surface area (Å²) in [6.07, 6.45) is 0.980. The summed E-state index contributed by atoms with van der Waals surface area (Å²) in [5.41, 5.74) is 4.03. The molecule has 0 aromatic heterocycles. The molecule has 0 saturated heterocycles. The minimum atomic E-state index is 0.265. The lowest BCUT2D eigenvalue weighted by Crippen LogP contribution is -2.24. The highest BCUT2D eigenvalue weighted by atomic mass is 79.9. The summed E-state index contributed by atoms with van der Waals surface area (Å²) in [5, 5.41) is 10.2. The molecular formula is C20H25BrN2O. The number of aliphatic imine (C=N–C) groups is 1. The van der Waals surface area contributed by atoms with E-state index >= 15 is 0 Å². The highest BCUT2D eigenvalue weighted by Gasteiger charge is 2.09. The van der Waals surface area contributed by atoms with E-state index in [2.05, 4.69) is 57.0 Å². The van der Waals surface area contributed by atoms with Crippen LogP contribution in [-0.2, 0) is 0 Å². The average molecular weight is 389 g/mol. The molecule has 0 bridgehead atoms. The zero-order chi connectivity index (χ0) is 17.5. The number of hydrogen-bond acceptors (Lipinski definition) is 3. The van der Waals surface area contributed by atoms with E-state index in [0.717, 1.165) is 42.9 Å². The van der Waals surface area contributed by atoms with Gasteiger partial charge in [0.2, 0.25) is 0 Å². The molecule has 0 spiro atoms. The maximum absolute atomic E-state index is 10.2. The van der Waals surface area contributed by atoms with E-state index < -0.39 is 0 Å². The molecule has 0 aliphatic carbocycles. The second-order valence-corrected chi connectivity index (χ2v) is 6.73. The first-order valence-corrected chi connectivity index (χ1v) is 9.12. The van der Waals surface area contributed by atoms with Crippen molar-refractivity contribution >= 4 is 27.3 Å². The fourth-order valence-electron chi connectivity index (χ4n) is 2.71. The predicted octanol–water partition coefficient (Wildman–Crippen LogP) is 5.19. The quantitative estimate of drug-likeness (QED) is 0.523. The van der Waals surface area contributed by atoms with Crippen molar-refractivity contribution in [3.05, 3.63) is 58.1 Å². The van der Waals surface area contributed by atoms with Gasteiger partial charge in [-0.25, -0.2) is 0 Å². The van der Waals surface area contributed by atoms with Crippen molar-refractivity contribution in [1.82, 2.24) is 0 Å². The first-order chi connectivity index (χ1) is 11.5. The van der Waals surface area contributed by atoms with Gasteiger partial charge in [-0.05, 0) is 73.0 Å². The van der Waals surface area contributed by atoms with Gasteiger partial charge < -0.3 is 10.0 Å². The monoisotopic (exact) mass is 388 g/mol. The van der Waals surface area contributed by atoms with Crippen molar-refractivity contribution in [1.29, 1.82) is 0 Å². The maximum Gasteiger partial charge on any atom is 0.138 e. The summed E-state index contributed by atoms with van der Waals surface area (Å²) in [6.45, 7) is 8.85. The molecule has 4 heteroatoms. The third kappa shape index (κ3) is 4.84. The van der Waals surface area contributed by atoms with E-state index in [-0.39, 0.29) is 5.75 Å². The number of phenols is 1. The molecule has 2 rings (SSSR count). The third-order valence-corrected chi connectivity index (χ3v) is 4.64. The van der Waals surface area contributed by atoms with E-state index in [1.807, 2.05) is 32.0 Å². The molecule has 2 aromatic carbocycles. The SMILES string of the molecule is CCN(CCCN=C(C)c1cc(C)cc(Br)c1O)c1ccccc1. The van der Waals surface area contributed by atoms with Crippen LogP contribution in [0.3, 0.4) is 0 Å². The first-order valence-electron chi connectivity index (χ1n) is 8.33. The molecule has 0 atom stereocenters. The summed E-state index contributed by atoms with van der Waals surface area (Å²) >= 11 is 3.39. The topological polar surface area (TPSA) is 35.8 Å². The Morgan fingerprint density at radius 2 is 1.92 bits per heavy atom. The molecule has 128 valence electrons. The van der Waals surface area contributed by atoms with Gasteiger partial charge in [0.15, 0.2) is 0 Å². The Morgan fingerprint density at radius 3 is 2.58 bits per heavy atom. The van der Waals surface area contributed by atoms with E-state index in [0.29, 0.717) is 4.47 Å². The Bertz CT molecular complexity index is 698. The largest absolute Gasteiger partial charge is 0.506 e. The standard InChI is InChI=1S/C20H25BrN2O/c1-4-23(17-9-6-5-7-10-17)12-8-11-22-16(3)18-13-15(2)14-19(21)20(18)24/h5-7,9-10,13-14,24H,4,8,11-12H2,1-3H3. The van der Waals surface area contributed by atoms with Crippen LogP contribution in [0.5, 0.6) is 5.75 Å². The molecule has 0 aliphatic heterocycles. The number of phenolic OH excluding ortho intramolecular Hbond substituents is 1. The molecule has 3 nitrogen and oxygen atoms in total. The summed E-state index contributed by atoms with van der Waals surface area (Å²) in [5.74, 6) is 0.265. The Hall–Kier alpha value is -1.81. The van der Waals surface area contributed by atoms with Crippen LogP contribution >= 0.6 is 15.9 Å². The lowest BCUT2D eigenvalue weighted by molar-refractivity contribution is 0.470. The van der Waals surface area contributed by atoms with Crippen LogP contribution < -0.4 is 4.90 Å². The fourth-order valence-corrected chi connectivity index (χ4v) is 3.29. The van der Waals surface area contributed by atoms with Crippen molar-refractivity contribution in [2.45, 2.75) is 27.2 Å². The Balaban J connectivity index is 1.96. The van der Waals surface area contributed by atoms with E-state index in [1.165, 1.54) is 5.69 Å². The molecular weight excluding hydrogens is 364 g/mol. The molecule has 0 saturated carbocycles. The summed E-state index contributed by atoms with van der Waals surface area (Å²) in [7, 11) is 0. The van der Waals surface area contributed by atoms with E-state index in [1.54, 1.807) is 0 Å². The van der Waals surface area contributed by atoms with Crippen molar-refractivity contribution < 1.29 is 5.11 Å². The van der Waals surface area contributed by atoms with Gasteiger partial charge in [0.25, 0.3) is 0 Å². The summed E-state index contributed by atoms with van der Waals surface area (Å²) in [6, 6.07) is 14.3. The second kappa shape index (κ2) is 8.88. The highest BCUT2D eigenvalue weighted by molar-refractivity contribution is 9.10. The smallest absolute Gasteiger partial charge is 0.138 e. The molecule has 24 heavy (non-hydrogen) atoms. The maximum atomic E-state index is 10.2. The van der Waals surface area contributed by atoms with Gasteiger partial charge in [0, 0.05) is 36.6 Å². The second-order valence-electron chi connectivity index (χ2n) is 5.88. The molecule has 0 radical (unpaired) electrons. The molecule has 0 fully saturated rings. The predicted molar refractivity (Wildman–Crippen MR) is 107 cm³/mol. The Labute approximate surface area is 153 Å². The van der Waals surface area contributed by atoms with Crippen LogP contribution in [0, 0.1) is 6.92 Å². The van der Waals surface area contributed by atoms with E-state index in [4.69, 9.17) is 0 Å². The van der Waals surface area contributed by atoms with Crippen molar-refractivity contribution in [2.75, 3.05) is 24.5 Å². The lowest BCUT2D eigenvalue weighted by Gasteiger charge is -2.22. The normalized spacial score (nSPS) is 11.6. The molecule has 1 N–H and O–H groups in total. The van der Waals surface area contributed by atoms with Crippen LogP contribution in [0.25, 0.3) is 0 Å². The molecule has 0 unspecified atom stereocenters. The third-order valence-electron chi connectivity index (χ3n) is 4.04. The van der Waals surface area contributed by atoms with Crippen LogP contribution in [-0.4, -0.2) is 30.5 Å². The summed E-state index contributed by atoms with van der Waals surface area (Å²) in [4.78, 5) is 7.00. The number of para-hydroxylation sites is 1. The van der Waals surface area contributed by atoms with Gasteiger partial charge in [0.1, 0.15) is 5.75 Å². The molecule has 2 aromatic rings. The number of rotatable bonds is 7. The number of benzene rings is 2. The molecule has 0 amide bonds. The van der Waals surface area contributed by atoms with Gasteiger partial charge >= 0.3 is 0 Å². The minimum Gasteiger partial charge on any atom is -0.506 e. The van der Waals surface area contributed by atoms with Gasteiger partial charge in [-0.2, -0.15) is 0 Å². The summed E-state index contributed by atoms with van der Waals surface area (Å²) < 4.78 is 0.716. The van der Waals surface area contributed by atoms with Crippen molar-refractivity contribution in [3.8, 4) is 5.75 Å². The number of aromatic hydroxyl groups is 1. The van der Waals surface area contributed by atoms with Crippen molar-refractivity contribution in [3.63, 3.8) is 0 Å². The number of aryl methyl sites for hydroxylation is 1. The van der Waals surface area contributed by atoms with Gasteiger partial charge in [-0.3, -0.25) is 4.99 Å². The van der Waals surface area contributed by atoms with Crippen LogP contribution in [0.2, 0.25) is 0 Å². The van der Waals surface area contributed by atoms with Gasteiger partial charge in [0.05, 0.1) is 4.47 Å². The lowest BCUT2D eigenvalue weighted by atomic mass is 10.1. The first kappa shape index (κ1) is 18.5. The average Bonchev–Trinajstić information content (AvgIpc) is 2.58. The van der Waals surface area contributed by atoms with Gasteiger partial charge in [-0.15, -0.1) is 0 Å². The number of nitrogens with zero attached hydrogens (tertiary/aromatic N) is 2. The Morgan fingerprint density at radius 1 is 1.21 bits per heavy atom. The molecule has 0 aliphatic rings. The highest BCUT2D eigenvalue weighted by Crippen LogP contribution is 2.29. The number of halogens is 1. The zero-order valence-electron chi connectivity index (χ0n) is 14.6.